The smallest absolute Gasteiger partial charge is 0.351 e. The topological polar surface area (TPSA) is 129 Å². The lowest BCUT2D eigenvalue weighted by Crippen LogP contribution is -2.36. The third kappa shape index (κ3) is 3.53. The van der Waals surface area contributed by atoms with Gasteiger partial charge in [0.25, 0.3) is 0 Å². The molecule has 1 aliphatic rings. The van der Waals surface area contributed by atoms with E-state index in [9.17, 15) is 24.2 Å². The van der Waals surface area contributed by atoms with Crippen molar-refractivity contribution in [1.29, 1.82) is 0 Å². The molecule has 3 heterocycles. The van der Waals surface area contributed by atoms with Crippen LogP contribution in [0.25, 0.3) is 10.9 Å². The number of nitrogens with one attached hydrogen (secondary N) is 2. The Bertz CT molecular complexity index is 1130. The number of hydrogen-bond acceptors (Lipinski definition) is 6. The molecule has 10 heteroatoms. The van der Waals surface area contributed by atoms with E-state index in [1.807, 2.05) is 24.3 Å². The van der Waals surface area contributed by atoms with Crippen molar-refractivity contribution < 1.29 is 24.1 Å². The van der Waals surface area contributed by atoms with Crippen LogP contribution in [0.5, 0.6) is 0 Å². The van der Waals surface area contributed by atoms with E-state index in [0.717, 1.165) is 27.2 Å². The summed E-state index contributed by atoms with van der Waals surface area (Å²) in [4.78, 5) is 31.2. The summed E-state index contributed by atoms with van der Waals surface area (Å²) in [5.74, 6) is -2.03. The summed E-state index contributed by atoms with van der Waals surface area (Å²) in [6.07, 6.45) is -2.20. The summed E-state index contributed by atoms with van der Waals surface area (Å²) in [6, 6.07) is 7.43. The maximum absolute atomic E-state index is 14.5. The Hall–Kier alpha value is -3.08. The van der Waals surface area contributed by atoms with Gasteiger partial charge in [0.15, 0.2) is 17.9 Å². The number of para-hydroxylation sites is 1. The van der Waals surface area contributed by atoms with E-state index in [2.05, 4.69) is 15.3 Å². The predicted octanol–water partition coefficient (Wildman–Crippen LogP) is 0.684. The van der Waals surface area contributed by atoms with E-state index < -0.39 is 47.8 Å². The molecule has 4 rings (SSSR count). The summed E-state index contributed by atoms with van der Waals surface area (Å²) in [7, 11) is 0. The molecule has 1 aliphatic heterocycles. The van der Waals surface area contributed by atoms with Gasteiger partial charge in [-0.25, -0.2) is 9.18 Å². The number of rotatable bonds is 4. The van der Waals surface area contributed by atoms with Crippen LogP contribution in [0.15, 0.2) is 41.5 Å². The van der Waals surface area contributed by atoms with Crippen LogP contribution in [-0.2, 0) is 16.0 Å². The highest BCUT2D eigenvalue weighted by atomic mass is 19.1. The second-order valence-corrected chi connectivity index (χ2v) is 6.92. The highest BCUT2D eigenvalue weighted by Gasteiger charge is 2.42. The van der Waals surface area contributed by atoms with Gasteiger partial charge >= 0.3 is 5.69 Å². The highest BCUT2D eigenvalue weighted by Crippen LogP contribution is 2.28. The number of aliphatic hydroxyl groups excluding tert-OH is 2. The zero-order valence-electron chi connectivity index (χ0n) is 15.4. The Morgan fingerprint density at radius 3 is 2.83 bits per heavy atom. The molecule has 4 atom stereocenters. The molecule has 1 aromatic carbocycles. The molecule has 1 amide bonds. The van der Waals surface area contributed by atoms with Gasteiger partial charge in [-0.15, -0.1) is 0 Å². The molecule has 0 aliphatic carbocycles. The van der Waals surface area contributed by atoms with Crippen LogP contribution in [0.3, 0.4) is 0 Å². The maximum atomic E-state index is 14.5. The van der Waals surface area contributed by atoms with Crippen molar-refractivity contribution in [3.8, 4) is 0 Å². The minimum atomic E-state index is -1.41. The van der Waals surface area contributed by atoms with Crippen LogP contribution in [0.2, 0.25) is 0 Å². The van der Waals surface area contributed by atoms with E-state index >= 15 is 0 Å². The van der Waals surface area contributed by atoms with Crippen LogP contribution in [0.4, 0.5) is 10.2 Å². The van der Waals surface area contributed by atoms with Gasteiger partial charge in [0.1, 0.15) is 12.2 Å². The quantitative estimate of drug-likeness (QED) is 0.508. The first-order valence-corrected chi connectivity index (χ1v) is 9.00. The van der Waals surface area contributed by atoms with Crippen molar-refractivity contribution in [2.75, 3.05) is 5.32 Å². The number of halogens is 1. The second kappa shape index (κ2) is 7.39. The molecule has 0 radical (unpaired) electrons. The summed E-state index contributed by atoms with van der Waals surface area (Å²) in [5, 5.41) is 22.9. The Kier molecular flexibility index (Phi) is 4.91. The van der Waals surface area contributed by atoms with Crippen LogP contribution in [-0.4, -0.2) is 49.0 Å². The number of aromatic nitrogens is 3. The third-order valence-electron chi connectivity index (χ3n) is 4.94. The molecule has 4 N–H and O–H groups in total. The number of H-pyrrole nitrogens is 1. The molecule has 0 bridgehead atoms. The number of benzene rings is 1. The number of fused-ring (bicyclic) bond motifs is 1. The van der Waals surface area contributed by atoms with E-state index in [-0.39, 0.29) is 6.42 Å². The summed E-state index contributed by atoms with van der Waals surface area (Å²) >= 11 is 0. The van der Waals surface area contributed by atoms with E-state index in [1.165, 1.54) is 6.92 Å². The van der Waals surface area contributed by atoms with Gasteiger partial charge in [-0.3, -0.25) is 9.36 Å². The van der Waals surface area contributed by atoms with Crippen LogP contribution in [0, 0.1) is 5.82 Å². The summed E-state index contributed by atoms with van der Waals surface area (Å²) in [6.45, 7) is 1.52. The molecule has 0 saturated carbocycles. The van der Waals surface area contributed by atoms with Crippen LogP contribution >= 0.6 is 0 Å². The van der Waals surface area contributed by atoms with Crippen molar-refractivity contribution in [3.05, 3.63) is 58.5 Å². The van der Waals surface area contributed by atoms with E-state index in [1.54, 1.807) is 6.20 Å². The number of aliphatic hydroxyl groups is 2. The molecule has 29 heavy (non-hydrogen) atoms. The van der Waals surface area contributed by atoms with Crippen molar-refractivity contribution in [2.45, 2.75) is 37.9 Å². The average Bonchev–Trinajstić information content (AvgIpc) is 3.21. The number of hydrogen-bond donors (Lipinski definition) is 4. The van der Waals surface area contributed by atoms with Crippen LogP contribution in [0.1, 0.15) is 18.7 Å². The minimum Gasteiger partial charge on any atom is -0.388 e. The molecule has 2 aromatic heterocycles. The number of carbonyl (C=O) groups excluding carboxylic acids is 1. The number of nitrogens with zero attached hydrogens (tertiary/aromatic N) is 2. The average molecular weight is 402 g/mol. The van der Waals surface area contributed by atoms with E-state index in [4.69, 9.17) is 4.74 Å². The molecule has 3 aromatic rings. The first-order chi connectivity index (χ1) is 13.8. The lowest BCUT2D eigenvalue weighted by atomic mass is 10.1. The van der Waals surface area contributed by atoms with Gasteiger partial charge in [0, 0.05) is 17.1 Å². The van der Waals surface area contributed by atoms with Gasteiger partial charge in [-0.2, -0.15) is 4.98 Å². The second-order valence-electron chi connectivity index (χ2n) is 6.92. The fourth-order valence-corrected chi connectivity index (χ4v) is 3.40. The summed E-state index contributed by atoms with van der Waals surface area (Å²) in [5.41, 5.74) is 0.658. The number of ether oxygens (including phenoxy) is 1. The number of carbonyl (C=O) groups is 1. The summed E-state index contributed by atoms with van der Waals surface area (Å²) < 4.78 is 20.5. The SMILES string of the molecule is C[C@H]1O[C@@H](n2cc(F)c(NC(=O)Cc3c[nH]c4ccccc34)nc2=O)[C@H](O)[C@@H]1O. The first kappa shape index (κ1) is 19.2. The maximum Gasteiger partial charge on any atom is 0.351 e. The lowest BCUT2D eigenvalue weighted by Gasteiger charge is -2.17. The van der Waals surface area contributed by atoms with Gasteiger partial charge < -0.3 is 25.3 Å². The monoisotopic (exact) mass is 402 g/mol. The lowest BCUT2D eigenvalue weighted by molar-refractivity contribution is -0.115. The Morgan fingerprint density at radius 2 is 2.10 bits per heavy atom. The zero-order valence-corrected chi connectivity index (χ0v) is 15.4. The van der Waals surface area contributed by atoms with Gasteiger partial charge in [0.2, 0.25) is 5.91 Å². The van der Waals surface area contributed by atoms with Gasteiger partial charge in [-0.05, 0) is 18.6 Å². The normalized spacial score (nSPS) is 24.1. The molecular formula is C19H19FN4O5. The van der Waals surface area contributed by atoms with Crippen molar-refractivity contribution in [1.82, 2.24) is 14.5 Å². The molecule has 1 saturated heterocycles. The number of anilines is 1. The predicted molar refractivity (Wildman–Crippen MR) is 101 cm³/mol. The standard InChI is InChI=1S/C19H19FN4O5/c1-9-15(26)16(27)18(29-9)24-8-12(20)17(23-19(24)28)22-14(25)6-10-7-21-13-5-3-2-4-11(10)13/h2-5,7-9,15-16,18,21,26-27H,6H2,1H3,(H,22,23,25,28)/t9-,15-,16-,18-/m1/s1. The Balaban J connectivity index is 1.53. The Labute approximate surface area is 163 Å². The molecule has 0 spiro atoms. The zero-order chi connectivity index (χ0) is 20.7. The van der Waals surface area contributed by atoms with Crippen molar-refractivity contribution in [2.24, 2.45) is 0 Å². The van der Waals surface area contributed by atoms with Gasteiger partial charge in [0.05, 0.1) is 18.7 Å². The highest BCUT2D eigenvalue weighted by molar-refractivity contribution is 5.95. The molecule has 152 valence electrons. The largest absolute Gasteiger partial charge is 0.388 e. The van der Waals surface area contributed by atoms with E-state index in [0.29, 0.717) is 0 Å². The Morgan fingerprint density at radius 1 is 1.34 bits per heavy atom. The number of amides is 1. The van der Waals surface area contributed by atoms with Crippen LogP contribution < -0.4 is 11.0 Å². The fourth-order valence-electron chi connectivity index (χ4n) is 3.40. The fraction of sp³-hybridized carbons (Fsp3) is 0.316. The molecule has 1 fully saturated rings. The third-order valence-corrected chi connectivity index (χ3v) is 4.94. The minimum absolute atomic E-state index is 0.0393. The van der Waals surface area contributed by atoms with Gasteiger partial charge in [-0.1, -0.05) is 18.2 Å². The van der Waals surface area contributed by atoms with Crippen molar-refractivity contribution >= 4 is 22.6 Å². The molecule has 0 unspecified atom stereocenters. The van der Waals surface area contributed by atoms with Crippen molar-refractivity contribution in [3.63, 3.8) is 0 Å². The molecular weight excluding hydrogens is 383 g/mol. The first-order valence-electron chi connectivity index (χ1n) is 9.00. The molecule has 9 nitrogen and oxygen atoms in total. The number of aromatic amines is 1.